The molecule has 1 heterocycles. The van der Waals surface area contributed by atoms with E-state index in [4.69, 9.17) is 5.11 Å². The molecule has 1 aliphatic heterocycles. The summed E-state index contributed by atoms with van der Waals surface area (Å²) in [5, 5.41) is 9.09. The van der Waals surface area contributed by atoms with Crippen LogP contribution in [0.3, 0.4) is 0 Å². The zero-order chi connectivity index (χ0) is 6.91. The van der Waals surface area contributed by atoms with Crippen molar-refractivity contribution in [3.63, 3.8) is 0 Å². The van der Waals surface area contributed by atoms with Gasteiger partial charge in [-0.25, -0.2) is 4.79 Å². The molecule has 0 atom stereocenters. The van der Waals surface area contributed by atoms with Gasteiger partial charge in [-0.15, -0.1) is 0 Å². The average molecular weight is 132 g/mol. The lowest BCUT2D eigenvalue weighted by molar-refractivity contribution is -0.107. The van der Waals surface area contributed by atoms with E-state index < -0.39 is 11.8 Å². The second-order valence-electron chi connectivity index (χ2n) is 2.32. The highest BCUT2D eigenvalue weighted by atomic mass is 16.7. The van der Waals surface area contributed by atoms with Crippen molar-refractivity contribution in [1.82, 2.24) is 0 Å². The van der Waals surface area contributed by atoms with Crippen LogP contribution in [0.1, 0.15) is 6.92 Å². The first-order valence-electron chi connectivity index (χ1n) is 2.62. The molecule has 4 nitrogen and oxygen atoms in total. The molecular weight excluding hydrogens is 124 g/mol. The molecule has 0 saturated carbocycles. The molecule has 0 aromatic carbocycles. The predicted octanol–water partition coefficient (Wildman–Crippen LogP) is -0.0958. The second kappa shape index (κ2) is 1.88. The van der Waals surface area contributed by atoms with E-state index in [2.05, 4.69) is 9.47 Å². The Balaban J connectivity index is 2.44. The van der Waals surface area contributed by atoms with Crippen LogP contribution in [0.2, 0.25) is 0 Å². The Morgan fingerprint density at radius 2 is 2.00 bits per heavy atom. The summed E-state index contributed by atoms with van der Waals surface area (Å²) < 4.78 is 8.76. The number of ether oxygens (including phenoxy) is 2. The van der Waals surface area contributed by atoms with E-state index >= 15 is 0 Å². The molecule has 52 valence electrons. The highest BCUT2D eigenvalue weighted by Crippen LogP contribution is 2.10. The third kappa shape index (κ3) is 1.57. The van der Waals surface area contributed by atoms with Gasteiger partial charge in [-0.2, -0.15) is 0 Å². The Morgan fingerprint density at radius 1 is 1.56 bits per heavy atom. The van der Waals surface area contributed by atoms with E-state index in [1.807, 2.05) is 0 Å². The Bertz CT molecular complexity index is 117. The smallest absolute Gasteiger partial charge is 0.431 e. The minimum absolute atomic E-state index is 0.0197. The SMILES string of the molecule is CC1(O)COC(=O)OC1. The summed E-state index contributed by atoms with van der Waals surface area (Å²) in [4.78, 5) is 10.2. The second-order valence-corrected chi connectivity index (χ2v) is 2.32. The Hall–Kier alpha value is -0.770. The molecule has 1 saturated heterocycles. The topological polar surface area (TPSA) is 55.8 Å². The van der Waals surface area contributed by atoms with E-state index in [-0.39, 0.29) is 13.2 Å². The quantitative estimate of drug-likeness (QED) is 0.468. The standard InChI is InChI=1S/C5H8O4/c1-5(7)2-8-4(6)9-3-5/h7H,2-3H2,1H3. The maximum absolute atomic E-state index is 10.2. The molecule has 0 aromatic heterocycles. The van der Waals surface area contributed by atoms with Gasteiger partial charge in [0.15, 0.2) is 0 Å². The van der Waals surface area contributed by atoms with Crippen LogP contribution in [0, 0.1) is 0 Å². The molecule has 1 rings (SSSR count). The lowest BCUT2D eigenvalue weighted by Crippen LogP contribution is -2.42. The molecule has 0 bridgehead atoms. The summed E-state index contributed by atoms with van der Waals surface area (Å²) in [5.74, 6) is 0. The van der Waals surface area contributed by atoms with Crippen LogP contribution in [-0.4, -0.2) is 30.1 Å². The van der Waals surface area contributed by atoms with Crippen LogP contribution in [0.5, 0.6) is 0 Å². The molecule has 0 aliphatic carbocycles. The molecule has 1 aliphatic rings. The lowest BCUT2D eigenvalue weighted by atomic mass is 10.1. The number of hydrogen-bond acceptors (Lipinski definition) is 4. The van der Waals surface area contributed by atoms with Crippen molar-refractivity contribution in [2.24, 2.45) is 0 Å². The summed E-state index contributed by atoms with van der Waals surface area (Å²) >= 11 is 0. The van der Waals surface area contributed by atoms with Gasteiger partial charge in [-0.3, -0.25) is 0 Å². The minimum atomic E-state index is -1.01. The Morgan fingerprint density at radius 3 is 2.33 bits per heavy atom. The van der Waals surface area contributed by atoms with Crippen LogP contribution < -0.4 is 0 Å². The molecule has 0 amide bonds. The number of cyclic esters (lactones) is 2. The molecule has 4 heteroatoms. The van der Waals surface area contributed by atoms with Crippen LogP contribution in [0.4, 0.5) is 4.79 Å². The predicted molar refractivity (Wildman–Crippen MR) is 27.9 cm³/mol. The van der Waals surface area contributed by atoms with Gasteiger partial charge in [0.1, 0.15) is 18.8 Å². The van der Waals surface area contributed by atoms with Gasteiger partial charge in [-0.1, -0.05) is 0 Å². The molecule has 0 aromatic rings. The summed E-state index contributed by atoms with van der Waals surface area (Å²) in [5.41, 5.74) is -1.01. The highest BCUT2D eigenvalue weighted by molar-refractivity contribution is 5.60. The first kappa shape index (κ1) is 6.35. The first-order chi connectivity index (χ1) is 4.10. The van der Waals surface area contributed by atoms with Crippen molar-refractivity contribution >= 4 is 6.16 Å². The van der Waals surface area contributed by atoms with Gasteiger partial charge in [-0.05, 0) is 6.92 Å². The van der Waals surface area contributed by atoms with Crippen LogP contribution in [0.25, 0.3) is 0 Å². The van der Waals surface area contributed by atoms with Gasteiger partial charge in [0, 0.05) is 0 Å². The summed E-state index contributed by atoms with van der Waals surface area (Å²) in [6.45, 7) is 1.58. The van der Waals surface area contributed by atoms with Gasteiger partial charge in [0.05, 0.1) is 0 Å². The largest absolute Gasteiger partial charge is 0.508 e. The molecule has 1 N–H and O–H groups in total. The van der Waals surface area contributed by atoms with E-state index in [0.29, 0.717) is 0 Å². The fourth-order valence-electron chi connectivity index (χ4n) is 0.512. The van der Waals surface area contributed by atoms with E-state index in [1.54, 1.807) is 6.92 Å². The van der Waals surface area contributed by atoms with Crippen molar-refractivity contribution < 1.29 is 19.4 Å². The maximum atomic E-state index is 10.2. The van der Waals surface area contributed by atoms with Crippen molar-refractivity contribution in [2.75, 3.05) is 13.2 Å². The number of carbonyl (C=O) groups is 1. The third-order valence-corrected chi connectivity index (χ3v) is 1.00. The lowest BCUT2D eigenvalue weighted by Gasteiger charge is -2.26. The molecule has 1 fully saturated rings. The van der Waals surface area contributed by atoms with Crippen LogP contribution >= 0.6 is 0 Å². The molecule has 0 spiro atoms. The maximum Gasteiger partial charge on any atom is 0.508 e. The van der Waals surface area contributed by atoms with Gasteiger partial charge < -0.3 is 14.6 Å². The Labute approximate surface area is 52.4 Å². The van der Waals surface area contributed by atoms with Crippen molar-refractivity contribution in [2.45, 2.75) is 12.5 Å². The van der Waals surface area contributed by atoms with Gasteiger partial charge in [0.2, 0.25) is 0 Å². The minimum Gasteiger partial charge on any atom is -0.431 e. The molecular formula is C5H8O4. The first-order valence-corrected chi connectivity index (χ1v) is 2.62. The van der Waals surface area contributed by atoms with Crippen molar-refractivity contribution in [1.29, 1.82) is 0 Å². The fraction of sp³-hybridized carbons (Fsp3) is 0.800. The van der Waals surface area contributed by atoms with Crippen LogP contribution in [-0.2, 0) is 9.47 Å². The fourth-order valence-corrected chi connectivity index (χ4v) is 0.512. The van der Waals surface area contributed by atoms with E-state index in [1.165, 1.54) is 0 Å². The van der Waals surface area contributed by atoms with Crippen molar-refractivity contribution in [3.05, 3.63) is 0 Å². The average Bonchev–Trinajstić information content (AvgIpc) is 1.78. The third-order valence-electron chi connectivity index (χ3n) is 1.00. The monoisotopic (exact) mass is 132 g/mol. The summed E-state index contributed by atoms with van der Waals surface area (Å²) in [6, 6.07) is 0. The highest BCUT2D eigenvalue weighted by Gasteiger charge is 2.29. The molecule has 0 unspecified atom stereocenters. The molecule has 0 radical (unpaired) electrons. The summed E-state index contributed by atoms with van der Waals surface area (Å²) in [6.07, 6.45) is -0.707. The van der Waals surface area contributed by atoms with Crippen molar-refractivity contribution in [3.8, 4) is 0 Å². The Kier molecular flexibility index (Phi) is 1.32. The van der Waals surface area contributed by atoms with E-state index in [0.717, 1.165) is 0 Å². The normalized spacial score (nSPS) is 24.4. The number of carbonyl (C=O) groups excluding carboxylic acids is 1. The van der Waals surface area contributed by atoms with E-state index in [9.17, 15) is 4.79 Å². The van der Waals surface area contributed by atoms with Gasteiger partial charge >= 0.3 is 6.16 Å². The molecule has 9 heavy (non-hydrogen) atoms. The summed E-state index contributed by atoms with van der Waals surface area (Å²) in [7, 11) is 0. The van der Waals surface area contributed by atoms with Crippen LogP contribution in [0.15, 0.2) is 0 Å². The zero-order valence-electron chi connectivity index (χ0n) is 5.09. The van der Waals surface area contributed by atoms with Gasteiger partial charge in [0.25, 0.3) is 0 Å². The number of rotatable bonds is 0. The zero-order valence-corrected chi connectivity index (χ0v) is 5.09. The number of aliphatic hydroxyl groups is 1. The number of hydrogen-bond donors (Lipinski definition) is 1.